The van der Waals surface area contributed by atoms with Crippen LogP contribution < -0.4 is 4.74 Å². The van der Waals surface area contributed by atoms with Gasteiger partial charge in [0.05, 0.1) is 4.90 Å². The quantitative estimate of drug-likeness (QED) is 0.707. The van der Waals surface area contributed by atoms with E-state index < -0.39 is 9.84 Å². The standard InChI is InChI=1S/C18H17NO4S/c1-13-3-5-14(6-4-13)18-19-15(12-23-18)11-22-16-7-9-17(10-8-16)24(2,20)21/h3-10,12H,11H2,1-2H3. The van der Waals surface area contributed by atoms with Gasteiger partial charge in [-0.2, -0.15) is 0 Å². The number of ether oxygens (including phenoxy) is 1. The molecule has 24 heavy (non-hydrogen) atoms. The maximum atomic E-state index is 11.4. The van der Waals surface area contributed by atoms with E-state index in [-0.39, 0.29) is 11.5 Å². The smallest absolute Gasteiger partial charge is 0.226 e. The number of oxazole rings is 1. The van der Waals surface area contributed by atoms with Crippen molar-refractivity contribution < 1.29 is 17.6 Å². The summed E-state index contributed by atoms with van der Waals surface area (Å²) >= 11 is 0. The molecule has 5 nitrogen and oxygen atoms in total. The van der Waals surface area contributed by atoms with E-state index in [9.17, 15) is 8.42 Å². The van der Waals surface area contributed by atoms with Crippen molar-refractivity contribution in [1.82, 2.24) is 4.98 Å². The average Bonchev–Trinajstić information content (AvgIpc) is 3.02. The second-order valence-electron chi connectivity index (χ2n) is 5.54. The highest BCUT2D eigenvalue weighted by Crippen LogP contribution is 2.21. The van der Waals surface area contributed by atoms with E-state index in [0.717, 1.165) is 5.56 Å². The first-order chi connectivity index (χ1) is 11.4. The number of rotatable bonds is 5. The normalized spacial score (nSPS) is 11.4. The maximum Gasteiger partial charge on any atom is 0.226 e. The first kappa shape index (κ1) is 16.3. The summed E-state index contributed by atoms with van der Waals surface area (Å²) < 4.78 is 33.9. The Hall–Kier alpha value is -2.60. The first-order valence-electron chi connectivity index (χ1n) is 7.36. The first-order valence-corrected chi connectivity index (χ1v) is 9.25. The summed E-state index contributed by atoms with van der Waals surface area (Å²) in [5.74, 6) is 1.11. The van der Waals surface area contributed by atoms with Crippen LogP contribution in [-0.4, -0.2) is 19.7 Å². The Morgan fingerprint density at radius 2 is 1.71 bits per heavy atom. The van der Waals surface area contributed by atoms with Gasteiger partial charge in [0.15, 0.2) is 9.84 Å². The van der Waals surface area contributed by atoms with Crippen molar-refractivity contribution in [2.75, 3.05) is 6.26 Å². The molecule has 6 heteroatoms. The lowest BCUT2D eigenvalue weighted by Gasteiger charge is -2.04. The lowest BCUT2D eigenvalue weighted by Crippen LogP contribution is -1.98. The molecule has 1 aromatic heterocycles. The molecule has 124 valence electrons. The molecule has 0 saturated carbocycles. The Balaban J connectivity index is 1.66. The number of aromatic nitrogens is 1. The second kappa shape index (κ2) is 6.49. The van der Waals surface area contributed by atoms with Crippen molar-refractivity contribution in [3.8, 4) is 17.2 Å². The van der Waals surface area contributed by atoms with E-state index >= 15 is 0 Å². The fourth-order valence-corrected chi connectivity index (χ4v) is 2.77. The minimum Gasteiger partial charge on any atom is -0.487 e. The van der Waals surface area contributed by atoms with Crippen LogP contribution in [0.1, 0.15) is 11.3 Å². The maximum absolute atomic E-state index is 11.4. The summed E-state index contributed by atoms with van der Waals surface area (Å²) in [6.07, 6.45) is 2.73. The Morgan fingerprint density at radius 3 is 2.33 bits per heavy atom. The van der Waals surface area contributed by atoms with E-state index in [1.165, 1.54) is 24.0 Å². The summed E-state index contributed by atoms with van der Waals surface area (Å²) in [5.41, 5.74) is 2.74. The highest BCUT2D eigenvalue weighted by molar-refractivity contribution is 7.90. The van der Waals surface area contributed by atoms with Crippen LogP contribution in [0.4, 0.5) is 0 Å². The topological polar surface area (TPSA) is 69.4 Å². The fourth-order valence-electron chi connectivity index (χ4n) is 2.14. The van der Waals surface area contributed by atoms with E-state index in [1.807, 2.05) is 31.2 Å². The lowest BCUT2D eigenvalue weighted by molar-refractivity contribution is 0.301. The summed E-state index contributed by atoms with van der Waals surface area (Å²) in [7, 11) is -3.20. The summed E-state index contributed by atoms with van der Waals surface area (Å²) in [6.45, 7) is 2.27. The molecule has 0 unspecified atom stereocenters. The second-order valence-corrected chi connectivity index (χ2v) is 7.56. The molecule has 0 spiro atoms. The number of benzene rings is 2. The van der Waals surface area contributed by atoms with Gasteiger partial charge in [-0.3, -0.25) is 0 Å². The third kappa shape index (κ3) is 3.83. The summed E-state index contributed by atoms with van der Waals surface area (Å²) in [6, 6.07) is 14.2. The van der Waals surface area contributed by atoms with Gasteiger partial charge in [-0.25, -0.2) is 13.4 Å². The number of sulfone groups is 1. The Bertz CT molecular complexity index is 926. The van der Waals surface area contributed by atoms with Crippen molar-refractivity contribution in [3.63, 3.8) is 0 Å². The third-order valence-electron chi connectivity index (χ3n) is 3.49. The molecule has 1 heterocycles. The van der Waals surface area contributed by atoms with Crippen molar-refractivity contribution in [1.29, 1.82) is 0 Å². The zero-order valence-corrected chi connectivity index (χ0v) is 14.2. The van der Waals surface area contributed by atoms with Crippen LogP contribution in [0.15, 0.2) is 64.1 Å². The lowest BCUT2D eigenvalue weighted by atomic mass is 10.1. The molecule has 3 aromatic rings. The van der Waals surface area contributed by atoms with Crippen molar-refractivity contribution in [2.24, 2.45) is 0 Å². The minimum atomic E-state index is -3.20. The van der Waals surface area contributed by atoms with Gasteiger partial charge >= 0.3 is 0 Å². The van der Waals surface area contributed by atoms with Crippen LogP contribution in [0.3, 0.4) is 0 Å². The van der Waals surface area contributed by atoms with Crippen LogP contribution >= 0.6 is 0 Å². The largest absolute Gasteiger partial charge is 0.487 e. The molecule has 0 radical (unpaired) electrons. The summed E-state index contributed by atoms with van der Waals surface area (Å²) in [4.78, 5) is 4.66. The molecular formula is C18H17NO4S. The van der Waals surface area contributed by atoms with Gasteiger partial charge in [-0.05, 0) is 43.3 Å². The van der Waals surface area contributed by atoms with Crippen LogP contribution in [0.5, 0.6) is 5.75 Å². The van der Waals surface area contributed by atoms with Crippen molar-refractivity contribution >= 4 is 9.84 Å². The molecule has 0 aliphatic rings. The van der Waals surface area contributed by atoms with Gasteiger partial charge in [0, 0.05) is 11.8 Å². The monoisotopic (exact) mass is 343 g/mol. The minimum absolute atomic E-state index is 0.244. The van der Waals surface area contributed by atoms with Crippen molar-refractivity contribution in [3.05, 3.63) is 66.1 Å². The van der Waals surface area contributed by atoms with Gasteiger partial charge in [-0.1, -0.05) is 17.7 Å². The van der Waals surface area contributed by atoms with Crippen molar-refractivity contribution in [2.45, 2.75) is 18.4 Å². The highest BCUT2D eigenvalue weighted by Gasteiger charge is 2.09. The van der Waals surface area contributed by atoms with Crippen LogP contribution in [0, 0.1) is 6.92 Å². The Morgan fingerprint density at radius 1 is 1.04 bits per heavy atom. The molecule has 0 aliphatic heterocycles. The number of nitrogens with zero attached hydrogens (tertiary/aromatic N) is 1. The van der Waals surface area contributed by atoms with Gasteiger partial charge in [-0.15, -0.1) is 0 Å². The zero-order chi connectivity index (χ0) is 17.2. The molecule has 0 bridgehead atoms. The van der Waals surface area contributed by atoms with Gasteiger partial charge < -0.3 is 9.15 Å². The third-order valence-corrected chi connectivity index (χ3v) is 4.62. The number of aryl methyl sites for hydroxylation is 1. The van der Waals surface area contributed by atoms with Gasteiger partial charge in [0.1, 0.15) is 24.3 Å². The molecular weight excluding hydrogens is 326 g/mol. The van der Waals surface area contributed by atoms with Gasteiger partial charge in [0.25, 0.3) is 0 Å². The predicted octanol–water partition coefficient (Wildman–Crippen LogP) is 3.63. The van der Waals surface area contributed by atoms with Crippen LogP contribution in [-0.2, 0) is 16.4 Å². The Kier molecular flexibility index (Phi) is 4.40. The molecule has 2 aromatic carbocycles. The molecule has 0 saturated heterocycles. The molecule has 3 rings (SSSR count). The van der Waals surface area contributed by atoms with E-state index in [4.69, 9.17) is 9.15 Å². The number of hydrogen-bond acceptors (Lipinski definition) is 5. The van der Waals surface area contributed by atoms with E-state index in [0.29, 0.717) is 17.3 Å². The van der Waals surface area contributed by atoms with E-state index in [2.05, 4.69) is 4.98 Å². The van der Waals surface area contributed by atoms with Crippen LogP contribution in [0.2, 0.25) is 0 Å². The molecule has 0 N–H and O–H groups in total. The molecule has 0 aliphatic carbocycles. The zero-order valence-electron chi connectivity index (χ0n) is 13.4. The Labute approximate surface area is 140 Å². The number of hydrogen-bond donors (Lipinski definition) is 0. The molecule has 0 amide bonds. The SMILES string of the molecule is Cc1ccc(-c2nc(COc3ccc(S(C)(=O)=O)cc3)co2)cc1. The molecule has 0 fully saturated rings. The molecule has 0 atom stereocenters. The van der Waals surface area contributed by atoms with Gasteiger partial charge in [0.2, 0.25) is 5.89 Å². The average molecular weight is 343 g/mol. The highest BCUT2D eigenvalue weighted by atomic mass is 32.2. The fraction of sp³-hybridized carbons (Fsp3) is 0.167. The van der Waals surface area contributed by atoms with E-state index in [1.54, 1.807) is 18.4 Å². The summed E-state index contributed by atoms with van der Waals surface area (Å²) in [5, 5.41) is 0. The van der Waals surface area contributed by atoms with Crippen LogP contribution in [0.25, 0.3) is 11.5 Å². The predicted molar refractivity (Wildman–Crippen MR) is 90.6 cm³/mol.